The molecule has 2 fully saturated rings. The standard InChI is InChI=1S/C24H29N5O/c1-18-17-29-22(25-23(18)27-13-8-9-14-27)16-20(26-29)21-12-6-3-7-15-28(21)24(30)19-10-4-2-5-11-19/h2,4-5,10-11,16-17,21H,3,6-9,12-15H2,1H3. The maximum absolute atomic E-state index is 13.3. The Bertz CT molecular complexity index is 1040. The Morgan fingerprint density at radius 3 is 2.57 bits per heavy atom. The normalized spacial score (nSPS) is 20.0. The molecule has 2 aliphatic rings. The number of likely N-dealkylation sites (tertiary alicyclic amines) is 1. The molecule has 3 aromatic rings. The number of anilines is 1. The third kappa shape index (κ3) is 3.55. The highest BCUT2D eigenvalue weighted by Crippen LogP contribution is 2.32. The lowest BCUT2D eigenvalue weighted by atomic mass is 10.1. The highest BCUT2D eigenvalue weighted by Gasteiger charge is 2.30. The van der Waals surface area contributed by atoms with Crippen LogP contribution in [-0.4, -0.2) is 45.0 Å². The molecular formula is C24H29N5O. The molecule has 2 saturated heterocycles. The van der Waals surface area contributed by atoms with Crippen LogP contribution in [0.25, 0.3) is 5.65 Å². The minimum Gasteiger partial charge on any atom is -0.356 e. The molecule has 2 aromatic heterocycles. The lowest BCUT2D eigenvalue weighted by Gasteiger charge is -2.29. The largest absolute Gasteiger partial charge is 0.356 e. The first kappa shape index (κ1) is 19.1. The molecule has 30 heavy (non-hydrogen) atoms. The zero-order valence-corrected chi connectivity index (χ0v) is 17.6. The number of amides is 1. The first-order valence-electron chi connectivity index (χ1n) is 11.2. The van der Waals surface area contributed by atoms with Crippen molar-refractivity contribution in [3.63, 3.8) is 0 Å². The second-order valence-electron chi connectivity index (χ2n) is 8.54. The number of hydrogen-bond acceptors (Lipinski definition) is 4. The monoisotopic (exact) mass is 403 g/mol. The van der Waals surface area contributed by atoms with Crippen LogP contribution >= 0.6 is 0 Å². The van der Waals surface area contributed by atoms with E-state index in [-0.39, 0.29) is 11.9 Å². The first-order chi connectivity index (χ1) is 14.7. The van der Waals surface area contributed by atoms with Gasteiger partial charge in [-0.1, -0.05) is 31.0 Å². The minimum atomic E-state index is -0.00236. The van der Waals surface area contributed by atoms with Crippen molar-refractivity contribution in [2.24, 2.45) is 0 Å². The Balaban J connectivity index is 1.50. The van der Waals surface area contributed by atoms with E-state index in [9.17, 15) is 4.79 Å². The molecule has 5 rings (SSSR count). The molecule has 156 valence electrons. The van der Waals surface area contributed by atoms with Crippen molar-refractivity contribution in [1.29, 1.82) is 0 Å². The van der Waals surface area contributed by atoms with E-state index in [1.54, 1.807) is 0 Å². The van der Waals surface area contributed by atoms with E-state index in [1.807, 2.05) is 39.7 Å². The summed E-state index contributed by atoms with van der Waals surface area (Å²) in [5.74, 6) is 1.17. The second kappa shape index (κ2) is 8.09. The summed E-state index contributed by atoms with van der Waals surface area (Å²) in [4.78, 5) is 22.6. The summed E-state index contributed by atoms with van der Waals surface area (Å²) >= 11 is 0. The fourth-order valence-corrected chi connectivity index (χ4v) is 4.84. The number of carbonyl (C=O) groups excluding carboxylic acids is 1. The minimum absolute atomic E-state index is 0.00236. The average molecular weight is 404 g/mol. The van der Waals surface area contributed by atoms with Gasteiger partial charge in [-0.3, -0.25) is 4.79 Å². The molecule has 1 atom stereocenters. The predicted octanol–water partition coefficient (Wildman–Crippen LogP) is 4.40. The van der Waals surface area contributed by atoms with Gasteiger partial charge in [0.05, 0.1) is 11.7 Å². The van der Waals surface area contributed by atoms with Gasteiger partial charge in [-0.25, -0.2) is 9.50 Å². The van der Waals surface area contributed by atoms with Gasteiger partial charge in [-0.2, -0.15) is 5.10 Å². The lowest BCUT2D eigenvalue weighted by Crippen LogP contribution is -2.35. The van der Waals surface area contributed by atoms with Gasteiger partial charge in [-0.05, 0) is 44.7 Å². The molecule has 4 heterocycles. The van der Waals surface area contributed by atoms with Crippen LogP contribution in [0.2, 0.25) is 0 Å². The number of aryl methyl sites for hydroxylation is 1. The van der Waals surface area contributed by atoms with Crippen LogP contribution in [0.15, 0.2) is 42.6 Å². The number of aromatic nitrogens is 3. The van der Waals surface area contributed by atoms with Gasteiger partial charge in [0, 0.05) is 43.0 Å². The Hall–Kier alpha value is -2.89. The predicted molar refractivity (Wildman–Crippen MR) is 118 cm³/mol. The van der Waals surface area contributed by atoms with E-state index >= 15 is 0 Å². The Morgan fingerprint density at radius 1 is 1.00 bits per heavy atom. The van der Waals surface area contributed by atoms with E-state index < -0.39 is 0 Å². The van der Waals surface area contributed by atoms with Crippen LogP contribution < -0.4 is 4.90 Å². The van der Waals surface area contributed by atoms with Crippen LogP contribution in [0.3, 0.4) is 0 Å². The summed E-state index contributed by atoms with van der Waals surface area (Å²) in [6.45, 7) is 5.04. The average Bonchev–Trinajstić information content (AvgIpc) is 3.37. The van der Waals surface area contributed by atoms with Crippen molar-refractivity contribution in [3.8, 4) is 0 Å². The summed E-state index contributed by atoms with van der Waals surface area (Å²) in [6, 6.07) is 11.7. The van der Waals surface area contributed by atoms with Crippen LogP contribution in [0.4, 0.5) is 5.82 Å². The van der Waals surface area contributed by atoms with Crippen LogP contribution in [0.1, 0.15) is 66.2 Å². The van der Waals surface area contributed by atoms with Gasteiger partial charge in [0.25, 0.3) is 5.91 Å². The van der Waals surface area contributed by atoms with E-state index in [2.05, 4.69) is 24.1 Å². The SMILES string of the molecule is Cc1cn2nc(C3CCCCCN3C(=O)c3ccccc3)cc2nc1N1CCCC1. The van der Waals surface area contributed by atoms with Crippen molar-refractivity contribution in [1.82, 2.24) is 19.5 Å². The Labute approximate surface area is 177 Å². The molecule has 6 nitrogen and oxygen atoms in total. The number of carbonyl (C=O) groups is 1. The van der Waals surface area contributed by atoms with Gasteiger partial charge >= 0.3 is 0 Å². The van der Waals surface area contributed by atoms with Crippen molar-refractivity contribution in [2.45, 2.75) is 51.5 Å². The summed E-state index contributed by atoms with van der Waals surface area (Å²) < 4.78 is 1.89. The highest BCUT2D eigenvalue weighted by atomic mass is 16.2. The van der Waals surface area contributed by atoms with Gasteiger partial charge < -0.3 is 9.80 Å². The zero-order valence-electron chi connectivity index (χ0n) is 17.6. The molecule has 2 aliphatic heterocycles. The maximum atomic E-state index is 13.3. The summed E-state index contributed by atoms with van der Waals surface area (Å²) in [6.07, 6.45) is 8.80. The van der Waals surface area contributed by atoms with Crippen molar-refractivity contribution in [3.05, 3.63) is 59.4 Å². The number of nitrogens with zero attached hydrogens (tertiary/aromatic N) is 5. The molecule has 1 aromatic carbocycles. The molecular weight excluding hydrogens is 374 g/mol. The molecule has 0 spiro atoms. The van der Waals surface area contributed by atoms with Gasteiger partial charge in [0.2, 0.25) is 0 Å². The van der Waals surface area contributed by atoms with Crippen LogP contribution in [0.5, 0.6) is 0 Å². The molecule has 1 unspecified atom stereocenters. The molecule has 0 radical (unpaired) electrons. The van der Waals surface area contributed by atoms with Crippen molar-refractivity contribution in [2.75, 3.05) is 24.5 Å². The van der Waals surface area contributed by atoms with E-state index in [0.29, 0.717) is 0 Å². The van der Waals surface area contributed by atoms with Crippen LogP contribution in [0, 0.1) is 6.92 Å². The first-order valence-corrected chi connectivity index (χ1v) is 11.2. The van der Waals surface area contributed by atoms with E-state index in [1.165, 1.54) is 12.8 Å². The maximum Gasteiger partial charge on any atom is 0.254 e. The second-order valence-corrected chi connectivity index (χ2v) is 8.54. The summed E-state index contributed by atoms with van der Waals surface area (Å²) in [5.41, 5.74) is 3.72. The fraction of sp³-hybridized carbons (Fsp3) is 0.458. The Kier molecular flexibility index (Phi) is 5.15. The molecule has 6 heteroatoms. The molecule has 0 saturated carbocycles. The van der Waals surface area contributed by atoms with Crippen molar-refractivity contribution < 1.29 is 4.79 Å². The molecule has 0 bridgehead atoms. The molecule has 0 N–H and O–H groups in total. The van der Waals surface area contributed by atoms with Gasteiger partial charge in [0.15, 0.2) is 5.65 Å². The van der Waals surface area contributed by atoms with Gasteiger partial charge in [-0.15, -0.1) is 0 Å². The van der Waals surface area contributed by atoms with Crippen molar-refractivity contribution >= 4 is 17.4 Å². The summed E-state index contributed by atoms with van der Waals surface area (Å²) in [5, 5.41) is 4.87. The van der Waals surface area contributed by atoms with Gasteiger partial charge in [0.1, 0.15) is 5.82 Å². The molecule has 1 amide bonds. The number of rotatable bonds is 3. The zero-order chi connectivity index (χ0) is 20.5. The quantitative estimate of drug-likeness (QED) is 0.651. The molecule has 0 aliphatic carbocycles. The lowest BCUT2D eigenvalue weighted by molar-refractivity contribution is 0.0676. The smallest absolute Gasteiger partial charge is 0.254 e. The number of hydrogen-bond donors (Lipinski definition) is 0. The van der Waals surface area contributed by atoms with Crippen LogP contribution in [-0.2, 0) is 0 Å². The third-order valence-electron chi connectivity index (χ3n) is 6.41. The number of fused-ring (bicyclic) bond motifs is 1. The number of benzene rings is 1. The Morgan fingerprint density at radius 2 is 1.77 bits per heavy atom. The fourth-order valence-electron chi connectivity index (χ4n) is 4.84. The highest BCUT2D eigenvalue weighted by molar-refractivity contribution is 5.94. The topological polar surface area (TPSA) is 53.7 Å². The third-order valence-corrected chi connectivity index (χ3v) is 6.41. The van der Waals surface area contributed by atoms with E-state index in [4.69, 9.17) is 10.1 Å². The summed E-state index contributed by atoms with van der Waals surface area (Å²) in [7, 11) is 0. The van der Waals surface area contributed by atoms with E-state index in [0.717, 1.165) is 73.6 Å².